The van der Waals surface area contributed by atoms with E-state index >= 15 is 0 Å². The molecule has 0 radical (unpaired) electrons. The van der Waals surface area contributed by atoms with Crippen molar-refractivity contribution in [2.45, 2.75) is 18.6 Å². The number of alkyl halides is 3. The highest BCUT2D eigenvalue weighted by Gasteiger charge is 2.42. The number of ether oxygens (including phenoxy) is 1. The largest absolute Gasteiger partial charge is 0.508 e. The zero-order valence-electron chi connectivity index (χ0n) is 12.6. The minimum Gasteiger partial charge on any atom is -0.508 e. The van der Waals surface area contributed by atoms with Crippen LogP contribution in [0.25, 0.3) is 0 Å². The van der Waals surface area contributed by atoms with Gasteiger partial charge in [-0.05, 0) is 29.8 Å². The van der Waals surface area contributed by atoms with Crippen molar-refractivity contribution in [2.24, 2.45) is 0 Å². The topological polar surface area (TPSA) is 68.5 Å². The Morgan fingerprint density at radius 2 is 1.83 bits per heavy atom. The second-order valence-corrected chi connectivity index (χ2v) is 5.04. The zero-order valence-corrected chi connectivity index (χ0v) is 12.6. The molecule has 0 saturated carbocycles. The molecule has 0 aliphatic heterocycles. The Kier molecular flexibility index (Phi) is 4.96. The van der Waals surface area contributed by atoms with Crippen LogP contribution in [0.5, 0.6) is 5.75 Å². The van der Waals surface area contributed by atoms with Crippen LogP contribution in [0.15, 0.2) is 42.6 Å². The number of hydrogen-bond acceptors (Lipinski definition) is 4. The lowest BCUT2D eigenvalue weighted by molar-refractivity contribution is -0.144. The highest BCUT2D eigenvalue weighted by Crippen LogP contribution is 2.26. The average Bonchev–Trinajstić information content (AvgIpc) is 3.01. The van der Waals surface area contributed by atoms with Crippen molar-refractivity contribution in [2.75, 3.05) is 7.11 Å². The molecule has 8 heteroatoms. The minimum atomic E-state index is -5.05. The van der Waals surface area contributed by atoms with E-state index in [0.29, 0.717) is 5.56 Å². The molecule has 0 aliphatic carbocycles. The van der Waals surface area contributed by atoms with E-state index in [1.165, 1.54) is 36.5 Å². The van der Waals surface area contributed by atoms with Gasteiger partial charge in [-0.15, -0.1) is 0 Å². The van der Waals surface area contributed by atoms with E-state index in [1.807, 2.05) is 0 Å². The van der Waals surface area contributed by atoms with Crippen LogP contribution in [0.1, 0.15) is 22.1 Å². The number of aromatic hydroxyl groups is 1. The van der Waals surface area contributed by atoms with E-state index in [0.717, 1.165) is 17.7 Å². The van der Waals surface area contributed by atoms with Gasteiger partial charge in [-0.1, -0.05) is 12.1 Å². The van der Waals surface area contributed by atoms with Crippen LogP contribution in [0.2, 0.25) is 0 Å². The normalized spacial score (nSPS) is 12.7. The van der Waals surface area contributed by atoms with Gasteiger partial charge in [0.1, 0.15) is 11.8 Å². The average molecular weight is 341 g/mol. The first-order chi connectivity index (χ1) is 11.2. The number of esters is 1. The molecular formula is C16H14F3NO4. The Hall–Kier alpha value is -2.77. The summed E-state index contributed by atoms with van der Waals surface area (Å²) in [6.07, 6.45) is -3.82. The van der Waals surface area contributed by atoms with Crippen LogP contribution >= 0.6 is 0 Å². The molecular weight excluding hydrogens is 327 g/mol. The third-order valence-electron chi connectivity index (χ3n) is 3.44. The molecule has 1 atom stereocenters. The summed E-state index contributed by atoms with van der Waals surface area (Å²) in [6.45, 7) is 0. The van der Waals surface area contributed by atoms with Gasteiger partial charge in [0.15, 0.2) is 0 Å². The molecule has 2 rings (SSSR count). The quantitative estimate of drug-likeness (QED) is 0.671. The van der Waals surface area contributed by atoms with Crippen LogP contribution in [-0.2, 0) is 16.0 Å². The highest BCUT2D eigenvalue weighted by atomic mass is 19.4. The molecule has 2 aromatic rings. The van der Waals surface area contributed by atoms with Gasteiger partial charge in [0.05, 0.1) is 12.8 Å². The summed E-state index contributed by atoms with van der Waals surface area (Å²) in [5.74, 6) is -2.80. The van der Waals surface area contributed by atoms with E-state index in [2.05, 4.69) is 4.74 Å². The molecule has 0 fully saturated rings. The Labute approximate surface area is 135 Å². The molecule has 0 unspecified atom stereocenters. The smallest absolute Gasteiger partial charge is 0.456 e. The fraction of sp³-hybridized carbons (Fsp3) is 0.250. The lowest BCUT2D eigenvalue weighted by atomic mass is 10.0. The second kappa shape index (κ2) is 6.77. The number of methoxy groups -OCH3 is 1. The number of phenolic OH excluding ortho intramolecular Hbond substituents is 1. The maximum absolute atomic E-state index is 12.7. The molecule has 128 valence electrons. The van der Waals surface area contributed by atoms with E-state index in [4.69, 9.17) is 0 Å². The zero-order chi connectivity index (χ0) is 17.9. The summed E-state index contributed by atoms with van der Waals surface area (Å²) in [7, 11) is 1.11. The van der Waals surface area contributed by atoms with Crippen molar-refractivity contribution < 1.29 is 32.6 Å². The number of carbonyl (C=O) groups is 2. The number of Topliss-reactive ketones (excluding diaryl/α,β-unsaturated/α-hetero) is 1. The Bertz CT molecular complexity index is 735. The number of aromatic nitrogens is 1. The summed E-state index contributed by atoms with van der Waals surface area (Å²) in [5, 5.41) is 9.27. The monoisotopic (exact) mass is 341 g/mol. The highest BCUT2D eigenvalue weighted by molar-refractivity contribution is 5.99. The first-order valence-corrected chi connectivity index (χ1v) is 6.88. The van der Waals surface area contributed by atoms with Crippen molar-refractivity contribution in [1.82, 2.24) is 4.57 Å². The van der Waals surface area contributed by atoms with Crippen molar-refractivity contribution in [1.29, 1.82) is 0 Å². The second-order valence-electron chi connectivity index (χ2n) is 5.04. The van der Waals surface area contributed by atoms with Crippen LogP contribution in [0, 0.1) is 0 Å². The number of benzene rings is 1. The van der Waals surface area contributed by atoms with Crippen molar-refractivity contribution in [3.63, 3.8) is 0 Å². The molecule has 0 saturated heterocycles. The first-order valence-electron chi connectivity index (χ1n) is 6.88. The number of carbonyl (C=O) groups excluding carboxylic acids is 2. The van der Waals surface area contributed by atoms with Crippen molar-refractivity contribution >= 4 is 11.8 Å². The number of halogens is 3. The summed E-state index contributed by atoms with van der Waals surface area (Å²) in [4.78, 5) is 23.6. The predicted molar refractivity (Wildman–Crippen MR) is 77.7 cm³/mol. The number of nitrogens with zero attached hydrogens (tertiary/aromatic N) is 1. The third-order valence-corrected chi connectivity index (χ3v) is 3.44. The minimum absolute atomic E-state index is 0.000228. The predicted octanol–water partition coefficient (Wildman–Crippen LogP) is 2.90. The van der Waals surface area contributed by atoms with E-state index in [-0.39, 0.29) is 12.2 Å². The molecule has 1 aromatic heterocycles. The van der Waals surface area contributed by atoms with Gasteiger partial charge < -0.3 is 14.4 Å². The summed E-state index contributed by atoms with van der Waals surface area (Å²) < 4.78 is 43.7. The van der Waals surface area contributed by atoms with Crippen LogP contribution < -0.4 is 0 Å². The van der Waals surface area contributed by atoms with Gasteiger partial charge in [-0.2, -0.15) is 13.2 Å². The lowest BCUT2D eigenvalue weighted by Crippen LogP contribution is -2.30. The van der Waals surface area contributed by atoms with Crippen LogP contribution in [0.4, 0.5) is 13.2 Å². The summed E-state index contributed by atoms with van der Waals surface area (Å²) in [6, 6.07) is 6.95. The molecule has 0 spiro atoms. The molecule has 1 N–H and O–H groups in total. The molecule has 0 aliphatic rings. The number of rotatable bonds is 5. The maximum Gasteiger partial charge on any atom is 0.456 e. The van der Waals surface area contributed by atoms with Crippen LogP contribution in [-0.4, -0.2) is 34.7 Å². The maximum atomic E-state index is 12.7. The fourth-order valence-corrected chi connectivity index (χ4v) is 2.29. The van der Waals surface area contributed by atoms with Gasteiger partial charge in [0.2, 0.25) is 0 Å². The molecule has 5 nitrogen and oxygen atoms in total. The SMILES string of the molecule is COC(=O)[C@H](Cc1ccc(O)cc1)n1cccc1C(=O)C(F)(F)F. The van der Waals surface area contributed by atoms with Gasteiger partial charge in [-0.25, -0.2) is 4.79 Å². The van der Waals surface area contributed by atoms with Gasteiger partial charge in [-0.3, -0.25) is 4.79 Å². The molecule has 1 aromatic carbocycles. The van der Waals surface area contributed by atoms with E-state index in [1.54, 1.807) is 0 Å². The van der Waals surface area contributed by atoms with E-state index < -0.39 is 29.7 Å². The molecule has 0 bridgehead atoms. The molecule has 0 amide bonds. The van der Waals surface area contributed by atoms with Gasteiger partial charge in [0.25, 0.3) is 5.78 Å². The van der Waals surface area contributed by atoms with Crippen molar-refractivity contribution in [3.05, 3.63) is 53.9 Å². The Morgan fingerprint density at radius 1 is 1.21 bits per heavy atom. The van der Waals surface area contributed by atoms with Crippen LogP contribution in [0.3, 0.4) is 0 Å². The molecule has 1 heterocycles. The number of phenols is 1. The lowest BCUT2D eigenvalue weighted by Gasteiger charge is -2.20. The van der Waals surface area contributed by atoms with E-state index in [9.17, 15) is 27.9 Å². The van der Waals surface area contributed by atoms with Gasteiger partial charge >= 0.3 is 12.1 Å². The standard InChI is InChI=1S/C16H14F3NO4/c1-24-15(23)13(9-10-4-6-11(21)7-5-10)20-8-2-3-12(20)14(22)16(17,18)19/h2-8,13,21H,9H2,1H3/t13-/m0/s1. The third kappa shape index (κ3) is 3.76. The summed E-state index contributed by atoms with van der Waals surface area (Å²) in [5.41, 5.74) is -0.0565. The van der Waals surface area contributed by atoms with Crippen molar-refractivity contribution in [3.8, 4) is 5.75 Å². The Balaban J connectivity index is 2.39. The molecule has 24 heavy (non-hydrogen) atoms. The number of ketones is 1. The summed E-state index contributed by atoms with van der Waals surface area (Å²) >= 11 is 0. The number of hydrogen-bond donors (Lipinski definition) is 1. The van der Waals surface area contributed by atoms with Gasteiger partial charge in [0, 0.05) is 12.6 Å². The Morgan fingerprint density at radius 3 is 2.38 bits per heavy atom. The fourth-order valence-electron chi connectivity index (χ4n) is 2.29. The first kappa shape index (κ1) is 17.6.